The van der Waals surface area contributed by atoms with Gasteiger partial charge in [-0.1, -0.05) is 54.6 Å². The molecule has 0 aliphatic heterocycles. The summed E-state index contributed by atoms with van der Waals surface area (Å²) in [6, 6.07) is 21.6. The molecule has 3 rings (SSSR count). The smallest absolute Gasteiger partial charge is 0.250 e. The summed E-state index contributed by atoms with van der Waals surface area (Å²) in [7, 11) is 0. The van der Waals surface area contributed by atoms with Gasteiger partial charge in [0, 0.05) is 18.8 Å². The van der Waals surface area contributed by atoms with Crippen LogP contribution >= 0.6 is 0 Å². The number of pyridine rings is 1. The van der Waals surface area contributed by atoms with Crippen molar-refractivity contribution in [1.29, 1.82) is 0 Å². The van der Waals surface area contributed by atoms with Crippen LogP contribution in [0.2, 0.25) is 0 Å². The summed E-state index contributed by atoms with van der Waals surface area (Å²) in [4.78, 5) is 11.7. The van der Waals surface area contributed by atoms with Crippen LogP contribution in [0.5, 0.6) is 0 Å². The van der Waals surface area contributed by atoms with Crippen molar-refractivity contribution in [3.8, 4) is 11.1 Å². The van der Waals surface area contributed by atoms with Crippen LogP contribution in [0.25, 0.3) is 11.1 Å². The number of hydrogen-bond donors (Lipinski definition) is 1. The van der Waals surface area contributed by atoms with Gasteiger partial charge in [-0.15, -0.1) is 0 Å². The Bertz CT molecular complexity index is 819. The first-order valence-corrected chi connectivity index (χ1v) is 7.30. The van der Waals surface area contributed by atoms with Gasteiger partial charge in [0.15, 0.2) is 0 Å². The zero-order valence-corrected chi connectivity index (χ0v) is 12.3. The van der Waals surface area contributed by atoms with E-state index in [1.54, 1.807) is 22.9 Å². The van der Waals surface area contributed by atoms with Gasteiger partial charge in [-0.3, -0.25) is 4.79 Å². The molecular weight excluding hydrogens is 272 g/mol. The average molecular weight is 290 g/mol. The first kappa shape index (κ1) is 14.3. The molecule has 110 valence electrons. The minimum atomic E-state index is 0.0139. The normalized spacial score (nSPS) is 10.6. The molecule has 0 spiro atoms. The second kappa shape index (κ2) is 6.41. The second-order valence-corrected chi connectivity index (χ2v) is 5.22. The van der Waals surface area contributed by atoms with E-state index in [0.717, 1.165) is 22.3 Å². The molecule has 0 saturated heterocycles. The van der Waals surface area contributed by atoms with Crippen LogP contribution < -0.4 is 11.3 Å². The lowest BCUT2D eigenvalue weighted by Gasteiger charge is -2.09. The van der Waals surface area contributed by atoms with Crippen LogP contribution in [0.15, 0.2) is 77.7 Å². The molecule has 3 heteroatoms. The first-order valence-electron chi connectivity index (χ1n) is 7.30. The largest absolute Gasteiger partial charge is 0.326 e. The van der Waals surface area contributed by atoms with Crippen LogP contribution in [0.3, 0.4) is 0 Å². The molecule has 0 fully saturated rings. The molecule has 0 radical (unpaired) electrons. The molecule has 0 bridgehead atoms. The lowest BCUT2D eigenvalue weighted by atomic mass is 9.99. The van der Waals surface area contributed by atoms with Crippen molar-refractivity contribution in [3.05, 3.63) is 94.4 Å². The van der Waals surface area contributed by atoms with Crippen LogP contribution in [-0.4, -0.2) is 4.57 Å². The zero-order valence-electron chi connectivity index (χ0n) is 12.3. The molecule has 3 aromatic rings. The van der Waals surface area contributed by atoms with E-state index in [1.807, 2.05) is 24.3 Å². The van der Waals surface area contributed by atoms with Gasteiger partial charge in [0.25, 0.3) is 5.56 Å². The maximum absolute atomic E-state index is 11.7. The molecule has 0 aliphatic rings. The SMILES string of the molecule is NCc1ccccc1-c1ccc(Cn2ccccc2=O)cc1. The van der Waals surface area contributed by atoms with E-state index in [-0.39, 0.29) is 5.56 Å². The van der Waals surface area contributed by atoms with Gasteiger partial charge in [-0.25, -0.2) is 0 Å². The Morgan fingerprint density at radius 3 is 2.32 bits per heavy atom. The van der Waals surface area contributed by atoms with E-state index < -0.39 is 0 Å². The van der Waals surface area contributed by atoms with E-state index in [2.05, 4.69) is 30.3 Å². The van der Waals surface area contributed by atoms with Crippen molar-refractivity contribution in [2.24, 2.45) is 5.73 Å². The summed E-state index contributed by atoms with van der Waals surface area (Å²) in [6.45, 7) is 1.11. The molecule has 22 heavy (non-hydrogen) atoms. The number of aromatic nitrogens is 1. The Kier molecular flexibility index (Phi) is 4.17. The zero-order chi connectivity index (χ0) is 15.4. The summed E-state index contributed by atoms with van der Waals surface area (Å²) in [5, 5.41) is 0. The topological polar surface area (TPSA) is 48.0 Å². The number of benzene rings is 2. The Morgan fingerprint density at radius 1 is 0.864 bits per heavy atom. The van der Waals surface area contributed by atoms with Gasteiger partial charge in [0.1, 0.15) is 0 Å². The Morgan fingerprint density at radius 2 is 1.59 bits per heavy atom. The highest BCUT2D eigenvalue weighted by Gasteiger charge is 2.03. The first-order chi connectivity index (χ1) is 10.8. The minimum Gasteiger partial charge on any atom is -0.326 e. The third-order valence-corrected chi connectivity index (χ3v) is 3.75. The molecule has 2 aromatic carbocycles. The number of nitrogens with zero attached hydrogens (tertiary/aromatic N) is 1. The predicted octanol–water partition coefficient (Wildman–Crippen LogP) is 3.02. The average Bonchev–Trinajstić information content (AvgIpc) is 2.58. The quantitative estimate of drug-likeness (QED) is 0.803. The Labute approximate surface area is 129 Å². The second-order valence-electron chi connectivity index (χ2n) is 5.22. The fourth-order valence-electron chi connectivity index (χ4n) is 2.56. The number of nitrogens with two attached hydrogens (primary N) is 1. The summed E-state index contributed by atoms with van der Waals surface area (Å²) in [5.41, 5.74) is 10.4. The van der Waals surface area contributed by atoms with Crippen molar-refractivity contribution in [2.45, 2.75) is 13.1 Å². The van der Waals surface area contributed by atoms with Gasteiger partial charge in [0.2, 0.25) is 0 Å². The van der Waals surface area contributed by atoms with E-state index in [1.165, 1.54) is 0 Å². The summed E-state index contributed by atoms with van der Waals surface area (Å²) >= 11 is 0. The van der Waals surface area contributed by atoms with Crippen LogP contribution in [0, 0.1) is 0 Å². The maximum atomic E-state index is 11.7. The molecule has 2 N–H and O–H groups in total. The van der Waals surface area contributed by atoms with Gasteiger partial charge in [-0.05, 0) is 28.3 Å². The molecule has 3 nitrogen and oxygen atoms in total. The van der Waals surface area contributed by atoms with Crippen molar-refractivity contribution in [2.75, 3.05) is 0 Å². The van der Waals surface area contributed by atoms with Gasteiger partial charge in [-0.2, -0.15) is 0 Å². The van der Waals surface area contributed by atoms with Gasteiger partial charge >= 0.3 is 0 Å². The number of rotatable bonds is 4. The fraction of sp³-hybridized carbons (Fsp3) is 0.105. The minimum absolute atomic E-state index is 0.0139. The summed E-state index contributed by atoms with van der Waals surface area (Å²) < 4.78 is 1.70. The highest BCUT2D eigenvalue weighted by atomic mass is 16.1. The van der Waals surface area contributed by atoms with Crippen molar-refractivity contribution in [3.63, 3.8) is 0 Å². The van der Waals surface area contributed by atoms with E-state index >= 15 is 0 Å². The lowest BCUT2D eigenvalue weighted by molar-refractivity contribution is 0.759. The van der Waals surface area contributed by atoms with Gasteiger partial charge in [0.05, 0.1) is 6.54 Å². The molecule has 1 aromatic heterocycles. The summed E-state index contributed by atoms with van der Waals surface area (Å²) in [6.07, 6.45) is 1.81. The lowest BCUT2D eigenvalue weighted by Crippen LogP contribution is -2.18. The highest BCUT2D eigenvalue weighted by Crippen LogP contribution is 2.23. The molecule has 0 aliphatic carbocycles. The Balaban J connectivity index is 1.87. The Hall–Kier alpha value is -2.65. The van der Waals surface area contributed by atoms with Crippen LogP contribution in [0.1, 0.15) is 11.1 Å². The van der Waals surface area contributed by atoms with Crippen molar-refractivity contribution in [1.82, 2.24) is 4.57 Å². The molecule has 0 unspecified atom stereocenters. The van der Waals surface area contributed by atoms with Crippen molar-refractivity contribution >= 4 is 0 Å². The van der Waals surface area contributed by atoms with E-state index in [4.69, 9.17) is 5.73 Å². The third kappa shape index (κ3) is 3.00. The van der Waals surface area contributed by atoms with Gasteiger partial charge < -0.3 is 10.3 Å². The standard InChI is InChI=1S/C19H18N2O/c20-13-17-5-1-2-6-18(17)16-10-8-15(9-11-16)14-21-12-4-3-7-19(21)22/h1-12H,13-14,20H2. The van der Waals surface area contributed by atoms with Crippen molar-refractivity contribution < 1.29 is 0 Å². The van der Waals surface area contributed by atoms with Crippen LogP contribution in [0.4, 0.5) is 0 Å². The number of hydrogen-bond acceptors (Lipinski definition) is 2. The maximum Gasteiger partial charge on any atom is 0.250 e. The van der Waals surface area contributed by atoms with E-state index in [9.17, 15) is 4.79 Å². The molecule has 0 amide bonds. The van der Waals surface area contributed by atoms with E-state index in [0.29, 0.717) is 13.1 Å². The molecular formula is C19H18N2O. The molecule has 0 saturated carbocycles. The monoisotopic (exact) mass is 290 g/mol. The molecule has 1 heterocycles. The predicted molar refractivity (Wildman–Crippen MR) is 89.6 cm³/mol. The highest BCUT2D eigenvalue weighted by molar-refractivity contribution is 5.67. The fourth-order valence-corrected chi connectivity index (χ4v) is 2.56. The third-order valence-electron chi connectivity index (χ3n) is 3.75. The summed E-state index contributed by atoms with van der Waals surface area (Å²) in [5.74, 6) is 0. The molecule has 0 atom stereocenters. The van der Waals surface area contributed by atoms with Crippen LogP contribution in [-0.2, 0) is 13.1 Å².